The Kier molecular flexibility index (Phi) is 10.0. The summed E-state index contributed by atoms with van der Waals surface area (Å²) >= 11 is 0. The van der Waals surface area contributed by atoms with E-state index < -0.39 is 84.6 Å². The van der Waals surface area contributed by atoms with Gasteiger partial charge in [0.2, 0.25) is 10.0 Å². The van der Waals surface area contributed by atoms with Crippen LogP contribution in [0.5, 0.6) is 0 Å². The van der Waals surface area contributed by atoms with Gasteiger partial charge in [0.1, 0.15) is 0 Å². The molecule has 0 aromatic carbocycles. The van der Waals surface area contributed by atoms with Crippen molar-refractivity contribution in [3.05, 3.63) is 0 Å². The Morgan fingerprint density at radius 1 is 0.684 bits per heavy atom. The van der Waals surface area contributed by atoms with Crippen LogP contribution in [0.2, 0.25) is 0 Å². The third-order valence-electron chi connectivity index (χ3n) is 3.98. The minimum absolute atomic E-state index is 0.674. The number of phosphoric acid groups is 1. The molecule has 0 fully saturated rings. The molecule has 0 aliphatic carbocycles. The smallest absolute Gasteiger partial charge is 0.302 e. The van der Waals surface area contributed by atoms with E-state index in [0.717, 1.165) is 6.92 Å². The van der Waals surface area contributed by atoms with Gasteiger partial charge in [0.25, 0.3) is 0 Å². The van der Waals surface area contributed by atoms with E-state index >= 15 is 0 Å². The first-order valence-corrected chi connectivity index (χ1v) is 11.7. The molecule has 0 aliphatic heterocycles. The predicted octanol–water partition coefficient (Wildman–Crippen LogP) is 5.03. The first-order valence-electron chi connectivity index (χ1n) is 8.59. The minimum Gasteiger partial charge on any atom is -0.302 e. The molecular formula is C12H11F17NO6PS. The normalized spacial score (nSPS) is 17.4. The maximum Gasteiger partial charge on any atom is 0.477 e. The highest BCUT2D eigenvalue weighted by molar-refractivity contribution is 7.89. The van der Waals surface area contributed by atoms with E-state index in [2.05, 4.69) is 9.05 Å². The summed E-state index contributed by atoms with van der Waals surface area (Å²) in [5, 5.41) is 0. The third-order valence-corrected chi connectivity index (χ3v) is 6.35. The van der Waals surface area contributed by atoms with Crippen molar-refractivity contribution in [2.75, 3.05) is 18.9 Å². The van der Waals surface area contributed by atoms with Crippen molar-refractivity contribution in [2.24, 2.45) is 0 Å². The number of hydrogen-bond donors (Lipinski definition) is 2. The van der Waals surface area contributed by atoms with E-state index in [4.69, 9.17) is 4.89 Å². The number of rotatable bonds is 14. The fourth-order valence-corrected chi connectivity index (χ4v) is 3.22. The molecule has 2 N–H and O–H groups in total. The zero-order valence-corrected chi connectivity index (χ0v) is 19.1. The highest BCUT2D eigenvalue weighted by Gasteiger charge is 2.95. The van der Waals surface area contributed by atoms with Crippen molar-refractivity contribution in [3.8, 4) is 0 Å². The summed E-state index contributed by atoms with van der Waals surface area (Å²) in [6.45, 7) is -1.75. The number of hydrogen-bond acceptors (Lipinski definition) is 5. The average molecular weight is 651 g/mol. The highest BCUT2D eigenvalue weighted by Crippen LogP contribution is 2.65. The molecule has 0 heterocycles. The van der Waals surface area contributed by atoms with E-state index in [1.807, 2.05) is 0 Å². The van der Waals surface area contributed by atoms with Crippen LogP contribution >= 0.6 is 7.82 Å². The van der Waals surface area contributed by atoms with Crippen molar-refractivity contribution < 1.29 is 102 Å². The molecule has 0 aromatic rings. The lowest BCUT2D eigenvalue weighted by molar-refractivity contribution is -0.472. The highest BCUT2D eigenvalue weighted by atomic mass is 32.2. The molecule has 0 radical (unpaired) electrons. The van der Waals surface area contributed by atoms with E-state index in [0.29, 0.717) is 0 Å². The Hall–Kier alpha value is -1.17. The van der Waals surface area contributed by atoms with E-state index in [9.17, 15) is 87.6 Å². The second-order valence-corrected chi connectivity index (χ2v) is 10.1. The molecular weight excluding hydrogens is 640 g/mol. The van der Waals surface area contributed by atoms with Gasteiger partial charge in [0, 0.05) is 6.54 Å². The van der Waals surface area contributed by atoms with Crippen molar-refractivity contribution in [1.29, 1.82) is 0 Å². The van der Waals surface area contributed by atoms with Gasteiger partial charge in [0.05, 0.1) is 12.4 Å². The Morgan fingerprint density at radius 3 is 1.37 bits per heavy atom. The maximum atomic E-state index is 13.6. The van der Waals surface area contributed by atoms with Gasteiger partial charge in [-0.15, -0.1) is 0 Å². The lowest BCUT2D eigenvalue weighted by Gasteiger charge is -2.42. The Morgan fingerprint density at radius 2 is 1.03 bits per heavy atom. The van der Waals surface area contributed by atoms with Crippen LogP contribution in [0.3, 0.4) is 0 Å². The van der Waals surface area contributed by atoms with E-state index in [-0.39, 0.29) is 0 Å². The van der Waals surface area contributed by atoms with Gasteiger partial charge in [-0.05, 0) is 6.92 Å². The van der Waals surface area contributed by atoms with Gasteiger partial charge >= 0.3 is 55.6 Å². The number of phosphoric ester groups is 1. The number of nitrogens with one attached hydrogen (secondary N) is 1. The monoisotopic (exact) mass is 651 g/mol. The van der Waals surface area contributed by atoms with E-state index in [1.54, 1.807) is 0 Å². The standard InChI is InChI=1S/C12H11F17NO6PS/c1-2-38(33,34)30-3-4-35-37(31,32)36-12(28,29)10(23,24)8(19,20)6(15,16)5(13,14)7(17,18)9(21,22)11(25,26)27/h30H,2-4H2,1H3,(H,31,32). The van der Waals surface area contributed by atoms with Gasteiger partial charge in [-0.25, -0.2) is 22.2 Å². The lowest BCUT2D eigenvalue weighted by atomic mass is 9.91. The first kappa shape index (κ1) is 36.8. The third kappa shape index (κ3) is 6.25. The number of sulfonamides is 1. The molecule has 0 bridgehead atoms. The van der Waals surface area contributed by atoms with Crippen LogP contribution in [0.15, 0.2) is 0 Å². The van der Waals surface area contributed by atoms with Crippen LogP contribution in [-0.4, -0.2) is 80.0 Å². The molecule has 1 atom stereocenters. The zero-order valence-electron chi connectivity index (χ0n) is 17.4. The summed E-state index contributed by atoms with van der Waals surface area (Å²) in [6.07, 6.45) is -15.5. The lowest BCUT2D eigenvalue weighted by Crippen LogP contribution is -2.74. The topological polar surface area (TPSA) is 102 Å². The van der Waals surface area contributed by atoms with Gasteiger partial charge < -0.3 is 4.89 Å². The summed E-state index contributed by atoms with van der Waals surface area (Å²) in [4.78, 5) is 8.85. The van der Waals surface area contributed by atoms with Gasteiger partial charge in [0.15, 0.2) is 0 Å². The van der Waals surface area contributed by atoms with Crippen LogP contribution in [0, 0.1) is 0 Å². The van der Waals surface area contributed by atoms with Gasteiger partial charge in [-0.2, -0.15) is 74.6 Å². The van der Waals surface area contributed by atoms with Crippen molar-refractivity contribution in [2.45, 2.75) is 54.7 Å². The molecule has 1 unspecified atom stereocenters. The molecule has 0 rings (SSSR count). The molecule has 0 spiro atoms. The Bertz CT molecular complexity index is 998. The predicted molar refractivity (Wildman–Crippen MR) is 85.0 cm³/mol. The Labute approximate surface area is 198 Å². The molecule has 0 aliphatic rings. The summed E-state index contributed by atoms with van der Waals surface area (Å²) in [6, 6.07) is 0. The summed E-state index contributed by atoms with van der Waals surface area (Å²) in [7, 11) is -11.0. The molecule has 0 aromatic heterocycles. The largest absolute Gasteiger partial charge is 0.477 e. The maximum absolute atomic E-state index is 13.6. The molecule has 26 heteroatoms. The SMILES string of the molecule is CCS(=O)(=O)NCCOP(=O)(O)OC(F)(F)C(F)(F)C(F)(F)C(F)(F)C(F)(F)C(F)(F)C(F)(F)C(F)(F)F. The molecule has 7 nitrogen and oxygen atoms in total. The van der Waals surface area contributed by atoms with Crippen LogP contribution in [0.4, 0.5) is 74.6 Å². The fourth-order valence-electron chi connectivity index (χ4n) is 1.84. The van der Waals surface area contributed by atoms with E-state index in [1.165, 1.54) is 4.72 Å². The summed E-state index contributed by atoms with van der Waals surface area (Å²) in [5.41, 5.74) is 0. The Balaban J connectivity index is 6.28. The van der Waals surface area contributed by atoms with Crippen LogP contribution in [0.1, 0.15) is 6.92 Å². The minimum atomic E-state index is -8.90. The number of alkyl halides is 17. The van der Waals surface area contributed by atoms with Crippen molar-refractivity contribution in [1.82, 2.24) is 4.72 Å². The fraction of sp³-hybridized carbons (Fsp3) is 1.00. The zero-order chi connectivity index (χ0) is 31.2. The van der Waals surface area contributed by atoms with Crippen molar-refractivity contribution >= 4 is 17.8 Å². The second-order valence-electron chi connectivity index (χ2n) is 6.65. The van der Waals surface area contributed by atoms with Crippen LogP contribution < -0.4 is 4.72 Å². The molecule has 0 saturated heterocycles. The first-order chi connectivity index (χ1) is 16.2. The number of halogens is 17. The second kappa shape index (κ2) is 10.3. The molecule has 0 amide bonds. The van der Waals surface area contributed by atoms with Crippen molar-refractivity contribution in [3.63, 3.8) is 0 Å². The molecule has 230 valence electrons. The molecule has 0 saturated carbocycles. The van der Waals surface area contributed by atoms with Gasteiger partial charge in [-0.1, -0.05) is 0 Å². The van der Waals surface area contributed by atoms with Crippen LogP contribution in [0.25, 0.3) is 0 Å². The van der Waals surface area contributed by atoms with Crippen LogP contribution in [-0.2, 0) is 23.6 Å². The average Bonchev–Trinajstić information content (AvgIpc) is 2.68. The quantitative estimate of drug-likeness (QED) is 0.155. The summed E-state index contributed by atoms with van der Waals surface area (Å²) in [5.74, 6) is -52.6. The summed E-state index contributed by atoms with van der Waals surface area (Å²) < 4.78 is 263. The molecule has 38 heavy (non-hydrogen) atoms. The van der Waals surface area contributed by atoms with Gasteiger partial charge in [-0.3, -0.25) is 4.52 Å².